The number of hydrogen-bond donors (Lipinski definition) is 3. The number of benzene rings is 1. The third-order valence-electron chi connectivity index (χ3n) is 9.44. The van der Waals surface area contributed by atoms with Crippen molar-refractivity contribution in [2.24, 2.45) is 11.8 Å². The van der Waals surface area contributed by atoms with Crippen LogP contribution in [0.1, 0.15) is 107 Å². The summed E-state index contributed by atoms with van der Waals surface area (Å²) in [5, 5.41) is 10.8. The van der Waals surface area contributed by atoms with E-state index in [1.807, 2.05) is 19.1 Å². The molecule has 2 rings (SSSR count). The summed E-state index contributed by atoms with van der Waals surface area (Å²) in [6, 6.07) is 6.93. The van der Waals surface area contributed by atoms with Crippen molar-refractivity contribution < 1.29 is 38.2 Å². The lowest BCUT2D eigenvalue weighted by Crippen LogP contribution is -2.45. The molecule has 15 heteroatoms. The lowest BCUT2D eigenvalue weighted by molar-refractivity contribution is -0.142. The average Bonchev–Trinajstić information content (AvgIpc) is 3.66. The number of nitrogens with one attached hydrogen (secondary N) is 3. The van der Waals surface area contributed by atoms with Crippen LogP contribution in [0.5, 0.6) is 0 Å². The van der Waals surface area contributed by atoms with Crippen LogP contribution in [0.3, 0.4) is 0 Å². The van der Waals surface area contributed by atoms with Crippen LogP contribution >= 0.6 is 11.3 Å². The van der Waals surface area contributed by atoms with Crippen molar-refractivity contribution in [3.63, 3.8) is 0 Å². The van der Waals surface area contributed by atoms with Crippen LogP contribution in [0.15, 0.2) is 41.8 Å². The highest BCUT2D eigenvalue weighted by molar-refractivity contribution is 7.09. The third-order valence-corrected chi connectivity index (χ3v) is 10.4. The summed E-state index contributed by atoms with van der Waals surface area (Å²) < 4.78 is 11.3. The van der Waals surface area contributed by atoms with Gasteiger partial charge in [-0.2, -0.15) is 0 Å². The molecule has 0 fully saturated rings. The number of amides is 5. The molecular weight excluding hydrogens is 737 g/mol. The zero-order valence-corrected chi connectivity index (χ0v) is 35.1. The monoisotopic (exact) mass is 798 g/mol. The molecule has 4 atom stereocenters. The van der Waals surface area contributed by atoms with E-state index < -0.39 is 6.10 Å². The highest BCUT2D eigenvalue weighted by atomic mass is 32.1. The number of unbranched alkanes of at least 4 members (excludes halogenated alkanes) is 2. The lowest BCUT2D eigenvalue weighted by atomic mass is 9.95. The molecule has 1 aromatic carbocycles. The first-order valence-corrected chi connectivity index (χ1v) is 20.2. The van der Waals surface area contributed by atoms with E-state index in [9.17, 15) is 28.8 Å². The van der Waals surface area contributed by atoms with Gasteiger partial charge in [-0.1, -0.05) is 52.7 Å². The van der Waals surface area contributed by atoms with E-state index in [1.54, 1.807) is 43.7 Å². The topological polar surface area (TPSA) is 176 Å². The first-order chi connectivity index (χ1) is 26.7. The van der Waals surface area contributed by atoms with Crippen molar-refractivity contribution in [2.45, 2.75) is 104 Å². The molecule has 0 aliphatic heterocycles. The number of carbonyl (C=O) groups is 6. The molecule has 2 aromatic rings. The number of hydrogen-bond acceptors (Lipinski definition) is 10. The first kappa shape index (κ1) is 47.7. The number of allylic oxidation sites excluding steroid dienone is 1. The Balaban J connectivity index is 1.83. The molecule has 56 heavy (non-hydrogen) atoms. The van der Waals surface area contributed by atoms with Crippen molar-refractivity contribution in [1.82, 2.24) is 25.4 Å². The lowest BCUT2D eigenvalue weighted by Gasteiger charge is -2.36. The van der Waals surface area contributed by atoms with Gasteiger partial charge in [-0.05, 0) is 61.8 Å². The predicted octanol–water partition coefficient (Wildman–Crippen LogP) is 5.30. The highest BCUT2D eigenvalue weighted by Crippen LogP contribution is 2.30. The maximum Gasteiger partial charge on any atom is 0.270 e. The molecule has 5 amide bonds. The molecule has 310 valence electrons. The molecule has 0 radical (unpaired) electrons. The fraction of sp³-hybridized carbons (Fsp3) is 0.585. The summed E-state index contributed by atoms with van der Waals surface area (Å²) >= 11 is 1.35. The predicted molar refractivity (Wildman–Crippen MR) is 218 cm³/mol. The Morgan fingerprint density at radius 3 is 2.32 bits per heavy atom. The molecular formula is C41H62N6O8S. The van der Waals surface area contributed by atoms with Gasteiger partial charge < -0.3 is 35.2 Å². The van der Waals surface area contributed by atoms with Gasteiger partial charge in [0.25, 0.3) is 5.91 Å². The zero-order chi connectivity index (χ0) is 41.6. The van der Waals surface area contributed by atoms with E-state index >= 15 is 0 Å². The highest BCUT2D eigenvalue weighted by Gasteiger charge is 2.31. The maximum absolute atomic E-state index is 13.3. The molecule has 0 saturated heterocycles. The number of aromatic nitrogens is 1. The fourth-order valence-electron chi connectivity index (χ4n) is 5.94. The summed E-state index contributed by atoms with van der Waals surface area (Å²) in [5.41, 5.74) is 1.84. The zero-order valence-electron chi connectivity index (χ0n) is 34.3. The molecule has 1 heterocycles. The van der Waals surface area contributed by atoms with Crippen LogP contribution in [0.2, 0.25) is 0 Å². The van der Waals surface area contributed by atoms with Crippen LogP contribution in [-0.2, 0) is 39.9 Å². The molecule has 3 N–H and O–H groups in total. The van der Waals surface area contributed by atoms with Gasteiger partial charge in [0.15, 0.2) is 0 Å². The largest absolute Gasteiger partial charge is 0.374 e. The Labute approximate surface area is 336 Å². The second-order valence-corrected chi connectivity index (χ2v) is 15.4. The molecule has 0 aliphatic rings. The Morgan fingerprint density at radius 1 is 0.982 bits per heavy atom. The molecule has 0 aliphatic carbocycles. The Kier molecular flexibility index (Phi) is 21.8. The third kappa shape index (κ3) is 17.1. The second-order valence-electron chi connectivity index (χ2n) is 14.5. The molecule has 14 nitrogen and oxygen atoms in total. The fourth-order valence-corrected chi connectivity index (χ4v) is 6.82. The molecule has 1 aromatic heterocycles. The standard InChI is InChI=1S/C41H62N6O8S/c1-9-29(4)22-39(52)47(27-54-7)34(28(2)3)24-35(55-8)41-45-33(26-56-41)40(53)43-30(5)23-31-16-18-32(19-17-31)44-37(50)25-42-36(49)14-11-10-12-20-46(6)38(51)15-13-21-48/h13,15-19,21,26,28-30,34-35H,9-12,14,20,22-25,27H2,1-8H3,(H,42,49)(H,43,53)(H,44,50)/b15-13-/t29-,30?,34?,35?/m0/s1. The molecule has 0 bridgehead atoms. The van der Waals surface area contributed by atoms with Crippen LogP contribution in [0.4, 0.5) is 5.69 Å². The van der Waals surface area contributed by atoms with Gasteiger partial charge in [0.05, 0.1) is 6.54 Å². The van der Waals surface area contributed by atoms with Crippen LogP contribution < -0.4 is 16.0 Å². The van der Waals surface area contributed by atoms with E-state index in [-0.39, 0.29) is 73.2 Å². The van der Waals surface area contributed by atoms with Gasteiger partial charge in [0.2, 0.25) is 23.6 Å². The van der Waals surface area contributed by atoms with Crippen LogP contribution in [-0.4, -0.2) is 104 Å². The Morgan fingerprint density at radius 2 is 1.70 bits per heavy atom. The summed E-state index contributed by atoms with van der Waals surface area (Å²) in [5.74, 6) is -0.676. The minimum Gasteiger partial charge on any atom is -0.374 e. The van der Waals surface area contributed by atoms with Gasteiger partial charge in [0.1, 0.15) is 29.8 Å². The average molecular weight is 799 g/mol. The van der Waals surface area contributed by atoms with Gasteiger partial charge in [0, 0.05) is 76.3 Å². The summed E-state index contributed by atoms with van der Waals surface area (Å²) in [7, 11) is 4.85. The SMILES string of the molecule is CC[C@H](C)CC(=O)N(COC)C(CC(OC)c1nc(C(=O)NC(C)Cc2ccc(NC(=O)CNC(=O)CCCCCN(C)C(=O)/C=C\C=O)cc2)cs1)C(C)C. The van der Waals surface area contributed by atoms with Crippen LogP contribution in [0, 0.1) is 11.8 Å². The van der Waals surface area contributed by atoms with Crippen LogP contribution in [0.25, 0.3) is 0 Å². The number of methoxy groups -OCH3 is 2. The van der Waals surface area contributed by atoms with Gasteiger partial charge >= 0.3 is 0 Å². The maximum atomic E-state index is 13.3. The summed E-state index contributed by atoms with van der Waals surface area (Å²) in [6.07, 6.45) is 7.27. The van der Waals surface area contributed by atoms with E-state index in [1.165, 1.54) is 22.3 Å². The number of carbonyl (C=O) groups excluding carboxylic acids is 6. The van der Waals surface area contributed by atoms with Gasteiger partial charge in [-0.15, -0.1) is 11.3 Å². The van der Waals surface area contributed by atoms with E-state index in [4.69, 9.17) is 9.47 Å². The number of nitrogens with zero attached hydrogens (tertiary/aromatic N) is 3. The van der Waals surface area contributed by atoms with Crippen molar-refractivity contribution >= 4 is 52.8 Å². The minimum atomic E-state index is -0.412. The summed E-state index contributed by atoms with van der Waals surface area (Å²) in [6.45, 7) is 10.7. The molecule has 3 unspecified atom stereocenters. The number of ether oxygens (including phenoxy) is 2. The van der Waals surface area contributed by atoms with Crippen molar-refractivity contribution in [3.05, 3.63) is 58.1 Å². The normalized spacial score (nSPS) is 13.4. The van der Waals surface area contributed by atoms with Crippen molar-refractivity contribution in [2.75, 3.05) is 46.4 Å². The number of thiazole rings is 1. The van der Waals surface area contributed by atoms with E-state index in [0.29, 0.717) is 61.3 Å². The molecule has 0 spiro atoms. The van der Waals surface area contributed by atoms with Gasteiger partial charge in [-0.25, -0.2) is 4.98 Å². The smallest absolute Gasteiger partial charge is 0.270 e. The van der Waals surface area contributed by atoms with Crippen molar-refractivity contribution in [3.8, 4) is 0 Å². The number of aldehydes is 1. The van der Waals surface area contributed by atoms with Gasteiger partial charge in [-0.3, -0.25) is 28.8 Å². The Bertz CT molecular complexity index is 1580. The van der Waals surface area contributed by atoms with E-state index in [0.717, 1.165) is 24.5 Å². The van der Waals surface area contributed by atoms with E-state index in [2.05, 4.69) is 48.6 Å². The number of anilines is 1. The quantitative estimate of drug-likeness (QED) is 0.0494. The Hall–Kier alpha value is -4.47. The second kappa shape index (κ2) is 25.6. The summed E-state index contributed by atoms with van der Waals surface area (Å²) in [4.78, 5) is 81.1. The number of rotatable bonds is 26. The first-order valence-electron chi connectivity index (χ1n) is 19.3. The minimum absolute atomic E-state index is 0.0481. The number of likely N-dealkylation sites (N-methyl/N-ethyl adjacent to an activating group) is 1. The molecule has 0 saturated carbocycles. The van der Waals surface area contributed by atoms with Crippen molar-refractivity contribution in [1.29, 1.82) is 0 Å².